The Labute approximate surface area is 267 Å². The highest BCUT2D eigenvalue weighted by molar-refractivity contribution is 5.90. The number of rotatable bonds is 13. The molecule has 0 radical (unpaired) electrons. The SMILES string of the molecule is CC1(C)CC2CC(C)(CN2CC2CC(c3ccc(CO)cc3)OC(c3ccc(NC(=O)CCCCCCC(=O)NO)cc3)O2)C1. The lowest BCUT2D eigenvalue weighted by Gasteiger charge is -2.41. The van der Waals surface area contributed by atoms with E-state index in [0.717, 1.165) is 61.2 Å². The van der Waals surface area contributed by atoms with Crippen molar-refractivity contribution in [3.63, 3.8) is 0 Å². The minimum atomic E-state index is -0.530. The summed E-state index contributed by atoms with van der Waals surface area (Å²) < 4.78 is 13.2. The smallest absolute Gasteiger partial charge is 0.243 e. The van der Waals surface area contributed by atoms with Crippen LogP contribution in [0.3, 0.4) is 0 Å². The van der Waals surface area contributed by atoms with Gasteiger partial charge in [0.15, 0.2) is 6.29 Å². The zero-order chi connectivity index (χ0) is 32.0. The topological polar surface area (TPSA) is 120 Å². The van der Waals surface area contributed by atoms with Crippen molar-refractivity contribution in [2.45, 2.75) is 116 Å². The molecule has 2 saturated heterocycles. The van der Waals surface area contributed by atoms with Crippen molar-refractivity contribution in [1.82, 2.24) is 10.4 Å². The Hall–Kier alpha value is -2.82. The third-order valence-corrected chi connectivity index (χ3v) is 9.73. The fourth-order valence-corrected chi connectivity index (χ4v) is 8.01. The molecule has 2 aliphatic heterocycles. The number of amides is 2. The molecule has 9 heteroatoms. The number of fused-ring (bicyclic) bond motifs is 2. The fraction of sp³-hybridized carbons (Fsp3) is 0.611. The average Bonchev–Trinajstić information content (AvgIpc) is 3.25. The summed E-state index contributed by atoms with van der Waals surface area (Å²) in [5.41, 5.74) is 5.96. The van der Waals surface area contributed by atoms with Crippen LogP contribution in [-0.2, 0) is 25.7 Å². The van der Waals surface area contributed by atoms with Crippen molar-refractivity contribution >= 4 is 17.5 Å². The van der Waals surface area contributed by atoms with Gasteiger partial charge in [-0.1, -0.05) is 70.0 Å². The molecule has 0 aromatic heterocycles. The molecule has 5 rings (SSSR count). The molecule has 246 valence electrons. The summed E-state index contributed by atoms with van der Waals surface area (Å²) in [5.74, 6) is -0.421. The minimum absolute atomic E-state index is 0.00901. The van der Waals surface area contributed by atoms with E-state index < -0.39 is 6.29 Å². The maximum Gasteiger partial charge on any atom is 0.243 e. The predicted octanol–water partition coefficient (Wildman–Crippen LogP) is 6.41. The first-order valence-corrected chi connectivity index (χ1v) is 16.6. The number of aliphatic hydroxyl groups excluding tert-OH is 1. The fourth-order valence-electron chi connectivity index (χ4n) is 8.01. The van der Waals surface area contributed by atoms with E-state index in [-0.39, 0.29) is 37.0 Å². The molecule has 2 amide bonds. The van der Waals surface area contributed by atoms with Crippen molar-refractivity contribution in [3.05, 3.63) is 65.2 Å². The molecule has 5 unspecified atom stereocenters. The Morgan fingerprint density at radius 3 is 2.22 bits per heavy atom. The van der Waals surface area contributed by atoms with E-state index in [1.807, 2.05) is 48.5 Å². The molecule has 2 aromatic carbocycles. The second kappa shape index (κ2) is 14.7. The molecule has 4 N–H and O–H groups in total. The van der Waals surface area contributed by atoms with Crippen LogP contribution in [0.1, 0.15) is 114 Å². The van der Waals surface area contributed by atoms with Gasteiger partial charge in [0.2, 0.25) is 11.8 Å². The van der Waals surface area contributed by atoms with Gasteiger partial charge in [0.05, 0.1) is 18.8 Å². The number of hydrogen-bond acceptors (Lipinski definition) is 7. The number of hydrogen-bond donors (Lipinski definition) is 4. The third kappa shape index (κ3) is 9.14. The summed E-state index contributed by atoms with van der Waals surface area (Å²) in [6.45, 7) is 9.26. The molecule has 1 aliphatic carbocycles. The summed E-state index contributed by atoms with van der Waals surface area (Å²) in [5, 5.41) is 21.1. The molecular formula is C36H51N3O6. The van der Waals surface area contributed by atoms with E-state index in [4.69, 9.17) is 14.7 Å². The van der Waals surface area contributed by atoms with Crippen LogP contribution in [0.5, 0.6) is 0 Å². The first kappa shape index (κ1) is 33.5. The zero-order valence-corrected chi connectivity index (χ0v) is 27.1. The van der Waals surface area contributed by atoms with E-state index >= 15 is 0 Å². The molecule has 3 fully saturated rings. The van der Waals surface area contributed by atoms with Gasteiger partial charge in [0.25, 0.3) is 0 Å². The molecule has 0 spiro atoms. The number of nitrogens with one attached hydrogen (secondary N) is 2. The van der Waals surface area contributed by atoms with Gasteiger partial charge in [-0.25, -0.2) is 5.48 Å². The number of carbonyl (C=O) groups is 2. The van der Waals surface area contributed by atoms with Crippen molar-refractivity contribution in [2.75, 3.05) is 18.4 Å². The van der Waals surface area contributed by atoms with Gasteiger partial charge in [-0.2, -0.15) is 0 Å². The Bertz CT molecular complexity index is 1280. The second-order valence-corrected chi connectivity index (χ2v) is 14.6. The van der Waals surface area contributed by atoms with Crippen molar-refractivity contribution in [1.29, 1.82) is 0 Å². The summed E-state index contributed by atoms with van der Waals surface area (Å²) >= 11 is 0. The minimum Gasteiger partial charge on any atom is -0.392 e. The van der Waals surface area contributed by atoms with Crippen LogP contribution in [-0.4, -0.2) is 52.3 Å². The predicted molar refractivity (Wildman–Crippen MR) is 172 cm³/mol. The van der Waals surface area contributed by atoms with Crippen LogP contribution in [0.4, 0.5) is 5.69 Å². The number of benzene rings is 2. The largest absolute Gasteiger partial charge is 0.392 e. The van der Waals surface area contributed by atoms with Gasteiger partial charge in [-0.15, -0.1) is 0 Å². The summed E-state index contributed by atoms with van der Waals surface area (Å²) in [6.07, 6.45) is 7.66. The number of carbonyl (C=O) groups excluding carboxylic acids is 2. The van der Waals surface area contributed by atoms with E-state index in [0.29, 0.717) is 29.7 Å². The molecule has 5 atom stereocenters. The lowest BCUT2D eigenvalue weighted by Crippen LogP contribution is -2.42. The maximum absolute atomic E-state index is 12.5. The normalized spacial score (nSPS) is 27.7. The van der Waals surface area contributed by atoms with Crippen LogP contribution in [0.25, 0.3) is 0 Å². The monoisotopic (exact) mass is 621 g/mol. The van der Waals surface area contributed by atoms with Crippen LogP contribution in [0.2, 0.25) is 0 Å². The number of anilines is 1. The van der Waals surface area contributed by atoms with Gasteiger partial charge >= 0.3 is 0 Å². The van der Waals surface area contributed by atoms with Gasteiger partial charge in [0, 0.05) is 49.6 Å². The summed E-state index contributed by atoms with van der Waals surface area (Å²) in [7, 11) is 0. The number of ether oxygens (including phenoxy) is 2. The second-order valence-electron chi connectivity index (χ2n) is 14.6. The first-order chi connectivity index (χ1) is 21.5. The van der Waals surface area contributed by atoms with Crippen molar-refractivity contribution in [2.24, 2.45) is 10.8 Å². The van der Waals surface area contributed by atoms with Gasteiger partial charge in [-0.3, -0.25) is 19.7 Å². The highest BCUT2D eigenvalue weighted by Gasteiger charge is 2.50. The third-order valence-electron chi connectivity index (χ3n) is 9.73. The van der Waals surface area contributed by atoms with E-state index in [9.17, 15) is 14.7 Å². The van der Waals surface area contributed by atoms with Crippen molar-refractivity contribution < 1.29 is 29.4 Å². The standard InChI is InChI=1S/C36H51N3O6/c1-35(2)19-29-20-36(3,23-35)24-39(29)21-30-18-31(26-12-10-25(22-40)11-13-26)45-34(44-30)27-14-16-28(17-15-27)37-32(41)8-6-4-5-7-9-33(42)38-43/h10-17,29-31,34,40,43H,4-9,18-24H2,1-3H3,(H,37,41)(H,38,42). The highest BCUT2D eigenvalue weighted by Crippen LogP contribution is 2.53. The molecule has 3 aliphatic rings. The lowest BCUT2D eigenvalue weighted by molar-refractivity contribution is -0.253. The molecule has 45 heavy (non-hydrogen) atoms. The van der Waals surface area contributed by atoms with Crippen LogP contribution >= 0.6 is 0 Å². The van der Waals surface area contributed by atoms with Crippen molar-refractivity contribution in [3.8, 4) is 0 Å². The van der Waals surface area contributed by atoms with Crippen LogP contribution in [0.15, 0.2) is 48.5 Å². The molecule has 2 aromatic rings. The Morgan fingerprint density at radius 2 is 1.56 bits per heavy atom. The number of aliphatic hydroxyl groups is 1. The van der Waals surface area contributed by atoms with Crippen LogP contribution in [0, 0.1) is 10.8 Å². The molecule has 1 saturated carbocycles. The van der Waals surface area contributed by atoms with Crippen LogP contribution < -0.4 is 10.8 Å². The Kier molecular flexibility index (Phi) is 11.0. The lowest BCUT2D eigenvalue weighted by atomic mass is 9.65. The summed E-state index contributed by atoms with van der Waals surface area (Å²) in [4.78, 5) is 26.3. The number of likely N-dealkylation sites (tertiary alicyclic amines) is 1. The molecule has 2 heterocycles. The summed E-state index contributed by atoms with van der Waals surface area (Å²) in [6, 6.07) is 16.3. The van der Waals surface area contributed by atoms with E-state index in [1.54, 1.807) is 5.48 Å². The van der Waals surface area contributed by atoms with E-state index in [2.05, 4.69) is 31.0 Å². The molecule has 2 bridgehead atoms. The molecule has 9 nitrogen and oxygen atoms in total. The number of hydroxylamine groups is 1. The average molecular weight is 622 g/mol. The van der Waals surface area contributed by atoms with Gasteiger partial charge in [-0.05, 0) is 66.2 Å². The van der Waals surface area contributed by atoms with Gasteiger partial charge < -0.3 is 19.9 Å². The Balaban J connectivity index is 1.20. The highest BCUT2D eigenvalue weighted by atomic mass is 16.7. The Morgan fingerprint density at radius 1 is 0.889 bits per heavy atom. The first-order valence-electron chi connectivity index (χ1n) is 16.6. The maximum atomic E-state index is 12.5. The number of nitrogens with zero attached hydrogens (tertiary/aromatic N) is 1. The molecular weight excluding hydrogens is 570 g/mol. The quantitative estimate of drug-likeness (QED) is 0.116. The van der Waals surface area contributed by atoms with Gasteiger partial charge in [0.1, 0.15) is 0 Å². The van der Waals surface area contributed by atoms with E-state index in [1.165, 1.54) is 19.3 Å². The number of unbranched alkanes of at least 4 members (excludes halogenated alkanes) is 3. The zero-order valence-electron chi connectivity index (χ0n) is 27.1.